The zero-order valence-corrected chi connectivity index (χ0v) is 29.7. The summed E-state index contributed by atoms with van der Waals surface area (Å²) in [5.41, 5.74) is 1.21. The Balaban J connectivity index is 1.39. The van der Waals surface area contributed by atoms with E-state index in [1.54, 1.807) is 13.8 Å². The number of aliphatic hydroxyl groups is 3. The van der Waals surface area contributed by atoms with E-state index in [4.69, 9.17) is 34.2 Å². The van der Waals surface area contributed by atoms with Gasteiger partial charge in [-0.1, -0.05) is 20.8 Å². The summed E-state index contributed by atoms with van der Waals surface area (Å²) in [6, 6.07) is -0.846. The average molecular weight is 707 g/mol. The van der Waals surface area contributed by atoms with Crippen molar-refractivity contribution in [3.05, 3.63) is 0 Å². The van der Waals surface area contributed by atoms with Gasteiger partial charge in [-0.2, -0.15) is 0 Å². The van der Waals surface area contributed by atoms with Crippen molar-refractivity contribution in [3.8, 4) is 0 Å². The van der Waals surface area contributed by atoms with Crippen molar-refractivity contribution in [1.82, 2.24) is 5.32 Å². The van der Waals surface area contributed by atoms with E-state index in [9.17, 15) is 34.5 Å². The van der Waals surface area contributed by atoms with Crippen LogP contribution in [0.25, 0.3) is 0 Å². The third kappa shape index (κ3) is 3.76. The zero-order chi connectivity index (χ0) is 36.4. The molecule has 50 heavy (non-hydrogen) atoms. The number of carbonyl (C=O) groups excluding carboxylic acids is 4. The van der Waals surface area contributed by atoms with E-state index in [2.05, 4.69) is 5.32 Å². The molecule has 3 heterocycles. The second kappa shape index (κ2) is 10.3. The quantitative estimate of drug-likeness (QED) is 0.147. The van der Waals surface area contributed by atoms with Crippen LogP contribution in [-0.2, 0) is 42.8 Å². The predicted molar refractivity (Wildman–Crippen MR) is 167 cm³/mol. The first-order valence-corrected chi connectivity index (χ1v) is 18.0. The fourth-order valence-electron chi connectivity index (χ4n) is 13.3. The van der Waals surface area contributed by atoms with Crippen LogP contribution in [0.4, 0.5) is 4.79 Å². The summed E-state index contributed by atoms with van der Waals surface area (Å²) in [7, 11) is 0. The Hall–Kier alpha value is -2.56. The highest BCUT2D eigenvalue weighted by molar-refractivity contribution is 5.84. The number of esters is 3. The number of nitrogens with two attached hydrogens (primary N) is 1. The van der Waals surface area contributed by atoms with E-state index in [-0.39, 0.29) is 12.6 Å². The zero-order valence-electron chi connectivity index (χ0n) is 29.7. The molecule has 21 atom stereocenters. The first-order valence-electron chi connectivity index (χ1n) is 18.0. The van der Waals surface area contributed by atoms with Gasteiger partial charge >= 0.3 is 24.0 Å². The number of hydrogen-bond acceptors (Lipinski definition) is 14. The molecular formula is C35H50N2O13. The Morgan fingerprint density at radius 1 is 0.960 bits per heavy atom. The lowest BCUT2D eigenvalue weighted by atomic mass is 9.40. The van der Waals surface area contributed by atoms with Crippen molar-refractivity contribution in [3.63, 3.8) is 0 Å². The second-order valence-corrected chi connectivity index (χ2v) is 17.1. The van der Waals surface area contributed by atoms with Crippen molar-refractivity contribution in [2.24, 2.45) is 63.4 Å². The highest BCUT2D eigenvalue weighted by Crippen LogP contribution is 2.80. The predicted octanol–water partition coefficient (Wildman–Crippen LogP) is -0.00580. The maximum absolute atomic E-state index is 13.4. The number of nitrogens with one attached hydrogen (secondary N) is 1. The van der Waals surface area contributed by atoms with Crippen molar-refractivity contribution in [2.45, 2.75) is 128 Å². The van der Waals surface area contributed by atoms with Gasteiger partial charge in [0.25, 0.3) is 0 Å². The monoisotopic (exact) mass is 706 g/mol. The summed E-state index contributed by atoms with van der Waals surface area (Å²) in [4.78, 5) is 52.9. The van der Waals surface area contributed by atoms with E-state index in [1.165, 1.54) is 20.8 Å². The number of epoxide rings is 2. The molecule has 3 aliphatic heterocycles. The summed E-state index contributed by atoms with van der Waals surface area (Å²) in [6.07, 6.45) is -7.54. The van der Waals surface area contributed by atoms with Crippen LogP contribution in [0.1, 0.15) is 61.8 Å². The highest BCUT2D eigenvalue weighted by Gasteiger charge is 2.93. The molecule has 278 valence electrons. The molecule has 15 nitrogen and oxygen atoms in total. The van der Waals surface area contributed by atoms with Crippen LogP contribution in [0.2, 0.25) is 0 Å². The standard InChI is InChI=1S/C35H50N2O13/c1-9-37-30(43)48-24-16-18-22(40)20-17(11(2)27-35(49-27)33(20,7)34(8,44)29(42)50-35)32(18,6)28(46-13(4)39)25(45-12(3)38)19(16)31(5)14(21(24)36)10-15-23(47-15)26(31)41/h11,14-28,40-41,44H,9-10,36H2,1-8H3,(H,37,43)/t11-,14+,15-,16?,17-,18+,19?,20-,21-,22+,23-,24+,25-,26-,27+,28-,31-,32+,33-,34+,35-/m0/s1. The van der Waals surface area contributed by atoms with Crippen LogP contribution in [0.5, 0.6) is 0 Å². The van der Waals surface area contributed by atoms with Gasteiger partial charge in [-0.05, 0) is 44.9 Å². The maximum atomic E-state index is 13.4. The van der Waals surface area contributed by atoms with E-state index in [0.29, 0.717) is 6.42 Å². The molecule has 0 bridgehead atoms. The van der Waals surface area contributed by atoms with Crippen LogP contribution >= 0.6 is 0 Å². The molecule has 1 spiro atoms. The molecular weight excluding hydrogens is 656 g/mol. The molecule has 5 saturated carbocycles. The van der Waals surface area contributed by atoms with Gasteiger partial charge in [0, 0.05) is 60.9 Å². The minimum absolute atomic E-state index is 0.258. The molecule has 6 N–H and O–H groups in total. The molecule has 8 rings (SSSR count). The van der Waals surface area contributed by atoms with Gasteiger partial charge in [0.2, 0.25) is 5.79 Å². The number of alkyl carbamates (subject to hydrolysis) is 1. The summed E-state index contributed by atoms with van der Waals surface area (Å²) in [5, 5.41) is 39.8. The lowest BCUT2D eigenvalue weighted by Gasteiger charge is -2.67. The lowest BCUT2D eigenvalue weighted by Crippen LogP contribution is -2.76. The van der Waals surface area contributed by atoms with Crippen LogP contribution in [0.3, 0.4) is 0 Å². The Labute approximate surface area is 290 Å². The van der Waals surface area contributed by atoms with Crippen molar-refractivity contribution in [2.75, 3.05) is 6.54 Å². The SMILES string of the molecule is CCNC(=O)O[C@@H]1C2C([C@H](OC(C)=O)[C@H](OC(C)=O)[C@]3(C)[C@H]4[C@H](C)[C@H]5O[C@]56OC(=O)[C@@](C)(O)[C@]6(C)[C@@H]4[C@H](O)[C@@H]23)[C@]2(C)[C@H](C[C@@H]3O[C@@H]3[C@@H]2O)[C@@H]1N. The van der Waals surface area contributed by atoms with Gasteiger partial charge in [0.1, 0.15) is 30.5 Å². The third-order valence-electron chi connectivity index (χ3n) is 15.3. The number of ether oxygens (including phenoxy) is 6. The van der Waals surface area contributed by atoms with Crippen LogP contribution in [0.15, 0.2) is 0 Å². The van der Waals surface area contributed by atoms with Crippen LogP contribution in [0, 0.1) is 57.7 Å². The molecule has 5 aliphatic carbocycles. The maximum Gasteiger partial charge on any atom is 0.407 e. The molecule has 0 aromatic carbocycles. The minimum Gasteiger partial charge on any atom is -0.458 e. The van der Waals surface area contributed by atoms with Gasteiger partial charge < -0.3 is 54.8 Å². The summed E-state index contributed by atoms with van der Waals surface area (Å²) in [5.74, 6) is -8.71. The van der Waals surface area contributed by atoms with Crippen LogP contribution in [-0.4, -0.2) is 112 Å². The highest BCUT2D eigenvalue weighted by atomic mass is 16.8. The second-order valence-electron chi connectivity index (χ2n) is 17.1. The lowest BCUT2D eigenvalue weighted by molar-refractivity contribution is -0.283. The largest absolute Gasteiger partial charge is 0.458 e. The Morgan fingerprint density at radius 2 is 1.62 bits per heavy atom. The van der Waals surface area contributed by atoms with Gasteiger partial charge in [-0.15, -0.1) is 0 Å². The first kappa shape index (κ1) is 34.5. The fraction of sp³-hybridized carbons (Fsp3) is 0.886. The van der Waals surface area contributed by atoms with E-state index in [1.807, 2.05) is 20.8 Å². The average Bonchev–Trinajstić information content (AvgIpc) is 3.92. The topological polar surface area (TPSA) is 229 Å². The number of fused-ring (bicyclic) bond motifs is 9. The molecule has 0 radical (unpaired) electrons. The number of rotatable bonds is 4. The fourth-order valence-corrected chi connectivity index (χ4v) is 13.3. The van der Waals surface area contributed by atoms with Crippen LogP contribution < -0.4 is 11.1 Å². The van der Waals surface area contributed by atoms with E-state index < -0.39 is 142 Å². The molecule has 3 saturated heterocycles. The van der Waals surface area contributed by atoms with Gasteiger partial charge in [-0.25, -0.2) is 9.59 Å². The molecule has 8 fully saturated rings. The van der Waals surface area contributed by atoms with E-state index in [0.717, 1.165) is 0 Å². The molecule has 8 aliphatic rings. The number of aliphatic hydroxyl groups excluding tert-OH is 2. The van der Waals surface area contributed by atoms with Gasteiger partial charge in [-0.3, -0.25) is 9.59 Å². The van der Waals surface area contributed by atoms with Crippen molar-refractivity contribution in [1.29, 1.82) is 0 Å². The molecule has 2 unspecified atom stereocenters. The Bertz CT molecular complexity index is 1540. The normalized spacial score (nSPS) is 59.1. The number of carbonyl (C=O) groups is 4. The van der Waals surface area contributed by atoms with Crippen molar-refractivity contribution >= 4 is 24.0 Å². The molecule has 1 amide bonds. The first-order chi connectivity index (χ1) is 23.3. The minimum atomic E-state index is -2.09. The molecule has 15 heteroatoms. The molecule has 0 aromatic heterocycles. The summed E-state index contributed by atoms with van der Waals surface area (Å²) >= 11 is 0. The number of amides is 1. The smallest absolute Gasteiger partial charge is 0.407 e. The Morgan fingerprint density at radius 3 is 2.24 bits per heavy atom. The van der Waals surface area contributed by atoms with E-state index >= 15 is 0 Å². The van der Waals surface area contributed by atoms with Gasteiger partial charge in [0.05, 0.1) is 23.7 Å². The number of hydrogen-bond donors (Lipinski definition) is 5. The molecule has 0 aromatic rings. The summed E-state index contributed by atoms with van der Waals surface area (Å²) < 4.78 is 36.7. The Kier molecular flexibility index (Phi) is 7.12. The third-order valence-corrected chi connectivity index (χ3v) is 15.3. The van der Waals surface area contributed by atoms with Crippen molar-refractivity contribution < 1.29 is 62.9 Å². The summed E-state index contributed by atoms with van der Waals surface area (Å²) in [6.45, 7) is 13.2. The van der Waals surface area contributed by atoms with Gasteiger partial charge in [0.15, 0.2) is 5.60 Å².